The van der Waals surface area contributed by atoms with E-state index in [1.54, 1.807) is 4.68 Å². The van der Waals surface area contributed by atoms with Gasteiger partial charge in [0, 0.05) is 26.0 Å². The number of aryl methyl sites for hydroxylation is 3. The molecule has 0 spiro atoms. The van der Waals surface area contributed by atoms with Crippen LogP contribution in [0.3, 0.4) is 0 Å². The molecule has 2 aromatic rings. The van der Waals surface area contributed by atoms with E-state index in [0.29, 0.717) is 5.92 Å². The normalized spacial score (nSPS) is 12.9. The minimum atomic E-state index is 0.566. The van der Waals surface area contributed by atoms with Gasteiger partial charge < -0.3 is 0 Å². The van der Waals surface area contributed by atoms with Crippen LogP contribution in [0.5, 0.6) is 0 Å². The maximum Gasteiger partial charge on any atom is 0.0829 e. The number of aromatic nitrogens is 6. The molecule has 6 nitrogen and oxygen atoms in total. The lowest BCUT2D eigenvalue weighted by Crippen LogP contribution is -2.07. The molecule has 92 valence electrons. The molecule has 0 saturated carbocycles. The van der Waals surface area contributed by atoms with E-state index in [9.17, 15) is 0 Å². The number of rotatable bonds is 5. The van der Waals surface area contributed by atoms with Crippen LogP contribution >= 0.6 is 0 Å². The van der Waals surface area contributed by atoms with Gasteiger partial charge in [-0.2, -0.15) is 0 Å². The predicted octanol–water partition coefficient (Wildman–Crippen LogP) is 0.984. The van der Waals surface area contributed by atoms with Crippen molar-refractivity contribution >= 4 is 0 Å². The van der Waals surface area contributed by atoms with E-state index in [-0.39, 0.29) is 0 Å². The first kappa shape index (κ1) is 11.8. The van der Waals surface area contributed by atoms with Gasteiger partial charge in [-0.3, -0.25) is 9.36 Å². The minimum Gasteiger partial charge on any atom is -0.255 e. The predicted molar refractivity (Wildman–Crippen MR) is 63.2 cm³/mol. The van der Waals surface area contributed by atoms with Gasteiger partial charge in [0.1, 0.15) is 0 Å². The minimum absolute atomic E-state index is 0.566. The Hall–Kier alpha value is -1.72. The molecule has 0 aliphatic carbocycles. The molecular formula is C11H18N6. The maximum absolute atomic E-state index is 4.09. The zero-order valence-corrected chi connectivity index (χ0v) is 10.5. The standard InChI is InChI=1S/C11H18N6/c1-9(6-11-8-16(3)14-13-11)4-5-17-7-10(2)12-15-17/h7-9H,4-6H2,1-3H3. The Morgan fingerprint density at radius 1 is 1.24 bits per heavy atom. The van der Waals surface area contributed by atoms with Crippen molar-refractivity contribution in [2.75, 3.05) is 0 Å². The highest BCUT2D eigenvalue weighted by Crippen LogP contribution is 2.10. The molecule has 0 aliphatic rings. The summed E-state index contributed by atoms with van der Waals surface area (Å²) in [7, 11) is 1.89. The SMILES string of the molecule is Cc1cn(CCC(C)Cc2cn(C)nn2)nn1. The van der Waals surface area contributed by atoms with Crippen LogP contribution in [-0.2, 0) is 20.0 Å². The van der Waals surface area contributed by atoms with Crippen LogP contribution < -0.4 is 0 Å². The Kier molecular flexibility index (Phi) is 3.51. The largest absolute Gasteiger partial charge is 0.255 e. The second-order valence-electron chi connectivity index (χ2n) is 4.60. The Morgan fingerprint density at radius 3 is 2.65 bits per heavy atom. The van der Waals surface area contributed by atoms with Crippen LogP contribution in [-0.4, -0.2) is 30.0 Å². The number of nitrogens with zero attached hydrogens (tertiary/aromatic N) is 6. The molecule has 0 fully saturated rings. The fourth-order valence-corrected chi connectivity index (χ4v) is 1.81. The summed E-state index contributed by atoms with van der Waals surface area (Å²) in [5, 5.41) is 16.0. The summed E-state index contributed by atoms with van der Waals surface area (Å²) < 4.78 is 3.63. The lowest BCUT2D eigenvalue weighted by Gasteiger charge is -2.08. The quantitative estimate of drug-likeness (QED) is 0.774. The first-order chi connectivity index (χ1) is 8.13. The average Bonchev–Trinajstić information content (AvgIpc) is 2.85. The highest BCUT2D eigenvalue weighted by molar-refractivity contribution is 4.93. The molecular weight excluding hydrogens is 216 g/mol. The van der Waals surface area contributed by atoms with Crippen LogP contribution in [0.4, 0.5) is 0 Å². The summed E-state index contributed by atoms with van der Waals surface area (Å²) in [6, 6.07) is 0. The smallest absolute Gasteiger partial charge is 0.0829 e. The van der Waals surface area contributed by atoms with E-state index in [2.05, 4.69) is 27.5 Å². The van der Waals surface area contributed by atoms with Crippen molar-refractivity contribution in [3.8, 4) is 0 Å². The molecule has 6 heteroatoms. The van der Waals surface area contributed by atoms with Gasteiger partial charge in [0.25, 0.3) is 0 Å². The van der Waals surface area contributed by atoms with Crippen LogP contribution in [0.15, 0.2) is 12.4 Å². The van der Waals surface area contributed by atoms with Gasteiger partial charge in [-0.15, -0.1) is 10.2 Å². The topological polar surface area (TPSA) is 61.4 Å². The van der Waals surface area contributed by atoms with Gasteiger partial charge in [0.2, 0.25) is 0 Å². The van der Waals surface area contributed by atoms with Crippen molar-refractivity contribution in [3.05, 3.63) is 23.8 Å². The molecule has 2 aromatic heterocycles. The molecule has 0 radical (unpaired) electrons. The van der Waals surface area contributed by atoms with E-state index in [1.807, 2.05) is 31.0 Å². The van der Waals surface area contributed by atoms with Crippen molar-refractivity contribution in [2.45, 2.75) is 33.2 Å². The maximum atomic E-state index is 4.09. The second kappa shape index (κ2) is 5.07. The second-order valence-corrected chi connectivity index (χ2v) is 4.60. The summed E-state index contributed by atoms with van der Waals surface area (Å²) in [6.07, 6.45) is 5.96. The van der Waals surface area contributed by atoms with Crippen LogP contribution in [0, 0.1) is 12.8 Å². The third-order valence-corrected chi connectivity index (χ3v) is 2.71. The Labute approximate surface area is 101 Å². The van der Waals surface area contributed by atoms with Gasteiger partial charge in [-0.1, -0.05) is 17.4 Å². The van der Waals surface area contributed by atoms with Gasteiger partial charge >= 0.3 is 0 Å². The Bertz CT molecular complexity index is 472. The highest BCUT2D eigenvalue weighted by Gasteiger charge is 2.07. The number of hydrogen-bond acceptors (Lipinski definition) is 4. The number of hydrogen-bond donors (Lipinski definition) is 0. The van der Waals surface area contributed by atoms with E-state index in [0.717, 1.165) is 30.8 Å². The van der Waals surface area contributed by atoms with Crippen LogP contribution in [0.2, 0.25) is 0 Å². The fraction of sp³-hybridized carbons (Fsp3) is 0.636. The first-order valence-corrected chi connectivity index (χ1v) is 5.85. The van der Waals surface area contributed by atoms with Gasteiger partial charge in [0.15, 0.2) is 0 Å². The third kappa shape index (κ3) is 3.37. The van der Waals surface area contributed by atoms with Crippen molar-refractivity contribution in [1.29, 1.82) is 0 Å². The lowest BCUT2D eigenvalue weighted by molar-refractivity contribution is 0.447. The lowest BCUT2D eigenvalue weighted by atomic mass is 10.0. The molecule has 1 atom stereocenters. The molecule has 0 aliphatic heterocycles. The van der Waals surface area contributed by atoms with Crippen molar-refractivity contribution in [3.63, 3.8) is 0 Å². The third-order valence-electron chi connectivity index (χ3n) is 2.71. The molecule has 1 unspecified atom stereocenters. The highest BCUT2D eigenvalue weighted by atomic mass is 15.4. The summed E-state index contributed by atoms with van der Waals surface area (Å²) in [5.41, 5.74) is 2.02. The molecule has 0 bridgehead atoms. The van der Waals surface area contributed by atoms with Gasteiger partial charge in [-0.25, -0.2) is 0 Å². The molecule has 2 rings (SSSR count). The van der Waals surface area contributed by atoms with Crippen molar-refractivity contribution in [2.24, 2.45) is 13.0 Å². The summed E-state index contributed by atoms with van der Waals surface area (Å²) in [4.78, 5) is 0. The van der Waals surface area contributed by atoms with E-state index >= 15 is 0 Å². The summed E-state index contributed by atoms with van der Waals surface area (Å²) >= 11 is 0. The van der Waals surface area contributed by atoms with Crippen molar-refractivity contribution < 1.29 is 0 Å². The van der Waals surface area contributed by atoms with E-state index < -0.39 is 0 Å². The zero-order chi connectivity index (χ0) is 12.3. The Balaban J connectivity index is 1.79. The molecule has 0 saturated heterocycles. The first-order valence-electron chi connectivity index (χ1n) is 5.85. The molecule has 0 amide bonds. The summed E-state index contributed by atoms with van der Waals surface area (Å²) in [6.45, 7) is 5.08. The summed E-state index contributed by atoms with van der Waals surface area (Å²) in [5.74, 6) is 0.566. The van der Waals surface area contributed by atoms with E-state index in [4.69, 9.17) is 0 Å². The van der Waals surface area contributed by atoms with Crippen LogP contribution in [0.1, 0.15) is 24.7 Å². The fourth-order valence-electron chi connectivity index (χ4n) is 1.81. The molecule has 0 aromatic carbocycles. The molecule has 2 heterocycles. The van der Waals surface area contributed by atoms with Crippen molar-refractivity contribution in [1.82, 2.24) is 30.0 Å². The average molecular weight is 234 g/mol. The molecule has 0 N–H and O–H groups in total. The molecule has 17 heavy (non-hydrogen) atoms. The zero-order valence-electron chi connectivity index (χ0n) is 10.5. The van der Waals surface area contributed by atoms with E-state index in [1.165, 1.54) is 0 Å². The van der Waals surface area contributed by atoms with Crippen LogP contribution in [0.25, 0.3) is 0 Å². The van der Waals surface area contributed by atoms with Gasteiger partial charge in [0.05, 0.1) is 11.4 Å². The Morgan fingerprint density at radius 2 is 2.06 bits per heavy atom. The monoisotopic (exact) mass is 234 g/mol. The van der Waals surface area contributed by atoms with Gasteiger partial charge in [-0.05, 0) is 25.7 Å².